The highest BCUT2D eigenvalue weighted by atomic mass is 35.5. The van der Waals surface area contributed by atoms with Gasteiger partial charge in [0.15, 0.2) is 0 Å². The number of nitrogens with one attached hydrogen (secondary N) is 3. The van der Waals surface area contributed by atoms with Gasteiger partial charge < -0.3 is 21.7 Å². The number of benzene rings is 1. The molecule has 1 saturated heterocycles. The first-order valence-electron chi connectivity index (χ1n) is 11.1. The normalized spacial score (nSPS) is 17.5. The lowest BCUT2D eigenvalue weighted by atomic mass is 9.87. The molecular formula is C24H30ClFN4O5. The number of nitrogens with two attached hydrogens (primary N) is 1. The number of rotatable bonds is 10. The van der Waals surface area contributed by atoms with E-state index in [1.807, 2.05) is 20.8 Å². The molecular weight excluding hydrogens is 479 g/mol. The first-order chi connectivity index (χ1) is 16.3. The molecule has 0 aliphatic carbocycles. The standard InChI is InChI=1S/C24H30ClFN4O5/c1-24(2,3)12-18(29-19(31)7-5-13-4-6-15(25)11-16(13)26)23(35)30-17(20(32)21(27)33)10-14-8-9-28-22(14)34/h4-7,11,14,17-18H,8-10,12H2,1-3H3,(H2,27,33)(H,28,34)(H,29,31)(H,30,35)/b7-5+/t14-,17?,18?/m0/s1. The fraction of sp³-hybridized carbons (Fsp3) is 0.458. The lowest BCUT2D eigenvalue weighted by molar-refractivity contribution is -0.139. The van der Waals surface area contributed by atoms with Crippen molar-refractivity contribution in [3.05, 3.63) is 40.7 Å². The topological polar surface area (TPSA) is 147 Å². The average Bonchev–Trinajstić information content (AvgIpc) is 3.14. The highest BCUT2D eigenvalue weighted by Crippen LogP contribution is 2.22. The van der Waals surface area contributed by atoms with Crippen LogP contribution < -0.4 is 21.7 Å². The van der Waals surface area contributed by atoms with Crippen molar-refractivity contribution in [2.24, 2.45) is 17.1 Å². The van der Waals surface area contributed by atoms with Crippen LogP contribution in [0.1, 0.15) is 45.6 Å². The van der Waals surface area contributed by atoms with Gasteiger partial charge in [-0.05, 0) is 42.9 Å². The Balaban J connectivity index is 2.17. The molecule has 0 saturated carbocycles. The Bertz CT molecular complexity index is 1040. The van der Waals surface area contributed by atoms with Gasteiger partial charge in [-0.2, -0.15) is 0 Å². The molecule has 190 valence electrons. The van der Waals surface area contributed by atoms with Crippen LogP contribution in [0.5, 0.6) is 0 Å². The van der Waals surface area contributed by atoms with Crippen LogP contribution in [0, 0.1) is 17.2 Å². The Hall–Kier alpha value is -3.27. The summed E-state index contributed by atoms with van der Waals surface area (Å²) in [5, 5.41) is 7.88. The molecule has 0 spiro atoms. The van der Waals surface area contributed by atoms with E-state index >= 15 is 0 Å². The van der Waals surface area contributed by atoms with E-state index in [0.29, 0.717) is 13.0 Å². The summed E-state index contributed by atoms with van der Waals surface area (Å²) < 4.78 is 14.0. The van der Waals surface area contributed by atoms with Crippen LogP contribution in [0.25, 0.3) is 6.08 Å². The molecule has 1 fully saturated rings. The van der Waals surface area contributed by atoms with E-state index in [0.717, 1.165) is 12.1 Å². The molecule has 0 bridgehead atoms. The molecule has 1 aromatic rings. The van der Waals surface area contributed by atoms with Gasteiger partial charge in [0.1, 0.15) is 11.9 Å². The van der Waals surface area contributed by atoms with Crippen molar-refractivity contribution in [3.8, 4) is 0 Å². The molecule has 1 aliphatic rings. The molecule has 3 atom stereocenters. The third kappa shape index (κ3) is 8.79. The summed E-state index contributed by atoms with van der Waals surface area (Å²) in [7, 11) is 0. The van der Waals surface area contributed by atoms with Gasteiger partial charge in [0, 0.05) is 29.1 Å². The zero-order valence-corrected chi connectivity index (χ0v) is 20.6. The SMILES string of the molecule is CC(C)(C)CC(NC(=O)/C=C/c1ccc(Cl)cc1F)C(=O)NC(C[C@@H]1CCNC1=O)C(=O)C(N)=O. The number of carbonyl (C=O) groups excluding carboxylic acids is 5. The number of carbonyl (C=O) groups is 5. The smallest absolute Gasteiger partial charge is 0.287 e. The molecule has 1 aromatic carbocycles. The predicted molar refractivity (Wildman–Crippen MR) is 128 cm³/mol. The van der Waals surface area contributed by atoms with Gasteiger partial charge in [0.05, 0.1) is 6.04 Å². The third-order valence-electron chi connectivity index (χ3n) is 5.39. The molecule has 0 aromatic heterocycles. The minimum absolute atomic E-state index is 0.0920. The highest BCUT2D eigenvalue weighted by molar-refractivity contribution is 6.38. The predicted octanol–water partition coefficient (Wildman–Crippen LogP) is 1.48. The van der Waals surface area contributed by atoms with E-state index in [1.165, 1.54) is 18.2 Å². The number of hydrogen-bond donors (Lipinski definition) is 4. The summed E-state index contributed by atoms with van der Waals surface area (Å²) in [5.74, 6) is -5.10. The Kier molecular flexibility index (Phi) is 9.53. The van der Waals surface area contributed by atoms with E-state index in [9.17, 15) is 28.4 Å². The largest absolute Gasteiger partial charge is 0.363 e. The van der Waals surface area contributed by atoms with Gasteiger partial charge in [0.2, 0.25) is 23.5 Å². The van der Waals surface area contributed by atoms with E-state index in [1.54, 1.807) is 0 Å². The lowest BCUT2D eigenvalue weighted by Gasteiger charge is -2.27. The Labute approximate surface area is 208 Å². The van der Waals surface area contributed by atoms with Crippen molar-refractivity contribution in [1.82, 2.24) is 16.0 Å². The van der Waals surface area contributed by atoms with Gasteiger partial charge in [-0.3, -0.25) is 24.0 Å². The summed E-state index contributed by atoms with van der Waals surface area (Å²) in [6.45, 7) is 5.99. The number of primary amides is 1. The van der Waals surface area contributed by atoms with Crippen LogP contribution in [0.4, 0.5) is 4.39 Å². The number of Topliss-reactive ketones (excluding diaryl/α,β-unsaturated/α-hetero) is 1. The third-order valence-corrected chi connectivity index (χ3v) is 5.62. The van der Waals surface area contributed by atoms with Crippen molar-refractivity contribution < 1.29 is 28.4 Å². The maximum atomic E-state index is 14.0. The maximum Gasteiger partial charge on any atom is 0.287 e. The zero-order chi connectivity index (χ0) is 26.3. The molecule has 5 N–H and O–H groups in total. The lowest BCUT2D eigenvalue weighted by Crippen LogP contribution is -2.54. The van der Waals surface area contributed by atoms with Crippen LogP contribution in [-0.2, 0) is 24.0 Å². The van der Waals surface area contributed by atoms with Crippen LogP contribution >= 0.6 is 11.6 Å². The van der Waals surface area contributed by atoms with Gasteiger partial charge >= 0.3 is 0 Å². The second-order valence-corrected chi connectivity index (χ2v) is 10.1. The summed E-state index contributed by atoms with van der Waals surface area (Å²) in [6, 6.07) is 1.59. The average molecular weight is 509 g/mol. The summed E-state index contributed by atoms with van der Waals surface area (Å²) in [6.07, 6.45) is 2.86. The van der Waals surface area contributed by atoms with E-state index in [2.05, 4.69) is 16.0 Å². The Morgan fingerprint density at radius 1 is 1.23 bits per heavy atom. The first kappa shape index (κ1) is 28.0. The molecule has 0 radical (unpaired) electrons. The Morgan fingerprint density at radius 3 is 2.46 bits per heavy atom. The zero-order valence-electron chi connectivity index (χ0n) is 19.8. The van der Waals surface area contributed by atoms with Crippen molar-refractivity contribution in [3.63, 3.8) is 0 Å². The van der Waals surface area contributed by atoms with E-state index in [4.69, 9.17) is 17.3 Å². The summed E-state index contributed by atoms with van der Waals surface area (Å²) in [5.41, 5.74) is 4.86. The second kappa shape index (κ2) is 11.9. The van der Waals surface area contributed by atoms with Crippen LogP contribution in [-0.4, -0.2) is 48.0 Å². The van der Waals surface area contributed by atoms with Crippen molar-refractivity contribution in [2.75, 3.05) is 6.54 Å². The number of amides is 4. The van der Waals surface area contributed by atoms with Crippen LogP contribution in [0.3, 0.4) is 0 Å². The molecule has 35 heavy (non-hydrogen) atoms. The summed E-state index contributed by atoms with van der Waals surface area (Å²) in [4.78, 5) is 61.4. The second-order valence-electron chi connectivity index (χ2n) is 9.63. The van der Waals surface area contributed by atoms with Gasteiger partial charge in [-0.1, -0.05) is 38.4 Å². The molecule has 11 heteroatoms. The maximum absolute atomic E-state index is 14.0. The number of halogens is 2. The van der Waals surface area contributed by atoms with Crippen molar-refractivity contribution in [1.29, 1.82) is 0 Å². The van der Waals surface area contributed by atoms with Crippen LogP contribution in [0.2, 0.25) is 5.02 Å². The molecule has 1 heterocycles. The molecule has 2 rings (SSSR count). The minimum atomic E-state index is -1.31. The molecule has 9 nitrogen and oxygen atoms in total. The quantitative estimate of drug-likeness (QED) is 0.279. The Morgan fingerprint density at radius 2 is 1.91 bits per heavy atom. The van der Waals surface area contributed by atoms with Crippen LogP contribution in [0.15, 0.2) is 24.3 Å². The first-order valence-corrected chi connectivity index (χ1v) is 11.5. The van der Waals surface area contributed by atoms with E-state index < -0.39 is 52.7 Å². The fourth-order valence-corrected chi connectivity index (χ4v) is 3.83. The summed E-state index contributed by atoms with van der Waals surface area (Å²) >= 11 is 5.73. The van der Waals surface area contributed by atoms with E-state index in [-0.39, 0.29) is 29.3 Å². The minimum Gasteiger partial charge on any atom is -0.363 e. The monoisotopic (exact) mass is 508 g/mol. The molecule has 4 amide bonds. The van der Waals surface area contributed by atoms with Crippen molar-refractivity contribution in [2.45, 2.75) is 52.1 Å². The molecule has 1 aliphatic heterocycles. The number of hydrogen-bond acceptors (Lipinski definition) is 5. The van der Waals surface area contributed by atoms with Gasteiger partial charge in [-0.25, -0.2) is 4.39 Å². The fourth-order valence-electron chi connectivity index (χ4n) is 3.67. The van der Waals surface area contributed by atoms with Crippen molar-refractivity contribution >= 4 is 47.1 Å². The number of ketones is 1. The molecule has 2 unspecified atom stereocenters. The van der Waals surface area contributed by atoms with Gasteiger partial charge in [-0.15, -0.1) is 0 Å². The van der Waals surface area contributed by atoms with Gasteiger partial charge in [0.25, 0.3) is 5.91 Å². The highest BCUT2D eigenvalue weighted by Gasteiger charge is 2.35.